The number of allylic oxidation sites excluding steroid dienone is 2. The molecule has 0 saturated heterocycles. The summed E-state index contributed by atoms with van der Waals surface area (Å²) < 4.78 is 18.3. The molecule has 0 amide bonds. The summed E-state index contributed by atoms with van der Waals surface area (Å²) in [6.07, 6.45) is 6.80. The first-order valence-corrected chi connectivity index (χ1v) is 5.33. The minimum absolute atomic E-state index is 0.226. The van der Waals surface area contributed by atoms with E-state index >= 15 is 0 Å². The van der Waals surface area contributed by atoms with Gasteiger partial charge in [0.2, 0.25) is 0 Å². The Bertz CT molecular complexity index is 382. The number of ether oxygens (including phenoxy) is 1. The Morgan fingerprint density at radius 3 is 2.73 bits per heavy atom. The van der Waals surface area contributed by atoms with E-state index in [1.807, 2.05) is 6.07 Å². The number of benzene rings is 1. The summed E-state index contributed by atoms with van der Waals surface area (Å²) in [4.78, 5) is 0. The molecule has 0 heterocycles. The Labute approximate surface area is 89.6 Å². The molecule has 0 unspecified atom stereocenters. The molecular weight excluding hydrogens is 191 g/mol. The van der Waals surface area contributed by atoms with Gasteiger partial charge in [0.1, 0.15) is 11.6 Å². The summed E-state index contributed by atoms with van der Waals surface area (Å²) in [7, 11) is 1.56. The van der Waals surface area contributed by atoms with Crippen LogP contribution in [0.15, 0.2) is 24.3 Å². The van der Waals surface area contributed by atoms with Gasteiger partial charge in [-0.25, -0.2) is 4.39 Å². The van der Waals surface area contributed by atoms with E-state index in [1.54, 1.807) is 13.2 Å². The Balaban J connectivity index is 2.34. The van der Waals surface area contributed by atoms with Crippen molar-refractivity contribution in [1.82, 2.24) is 0 Å². The van der Waals surface area contributed by atoms with Crippen LogP contribution in [0.25, 0.3) is 5.57 Å². The van der Waals surface area contributed by atoms with E-state index in [0.717, 1.165) is 18.4 Å². The van der Waals surface area contributed by atoms with Crippen molar-refractivity contribution < 1.29 is 9.13 Å². The molecule has 0 spiro atoms. The molecule has 2 heteroatoms. The lowest BCUT2D eigenvalue weighted by atomic mass is 9.93. The van der Waals surface area contributed by atoms with E-state index in [9.17, 15) is 4.39 Å². The zero-order chi connectivity index (χ0) is 10.7. The van der Waals surface area contributed by atoms with Gasteiger partial charge >= 0.3 is 0 Å². The molecule has 0 bridgehead atoms. The lowest BCUT2D eigenvalue weighted by Crippen LogP contribution is -1.94. The standard InChI is InChI=1S/C13H15FO/c1-15-13-8-11(7-12(14)9-13)10-5-3-2-4-6-10/h5,7-9H,2-4,6H2,1H3. The highest BCUT2D eigenvalue weighted by Gasteiger charge is 2.08. The van der Waals surface area contributed by atoms with Crippen LogP contribution in [0.2, 0.25) is 0 Å². The third kappa shape index (κ3) is 2.38. The summed E-state index contributed by atoms with van der Waals surface area (Å²) >= 11 is 0. The van der Waals surface area contributed by atoms with Gasteiger partial charge in [-0.2, -0.15) is 0 Å². The molecule has 2 rings (SSSR count). The Kier molecular flexibility index (Phi) is 3.05. The average molecular weight is 206 g/mol. The molecule has 1 aliphatic rings. The molecule has 15 heavy (non-hydrogen) atoms. The second kappa shape index (κ2) is 4.47. The van der Waals surface area contributed by atoms with Crippen LogP contribution < -0.4 is 4.74 Å². The summed E-state index contributed by atoms with van der Waals surface area (Å²) in [5.74, 6) is 0.368. The fourth-order valence-corrected chi connectivity index (χ4v) is 1.97. The van der Waals surface area contributed by atoms with Crippen LogP contribution in [-0.2, 0) is 0 Å². The van der Waals surface area contributed by atoms with Gasteiger partial charge in [0, 0.05) is 6.07 Å². The fraction of sp³-hybridized carbons (Fsp3) is 0.385. The van der Waals surface area contributed by atoms with Crippen LogP contribution in [-0.4, -0.2) is 7.11 Å². The van der Waals surface area contributed by atoms with E-state index in [4.69, 9.17) is 4.74 Å². The maximum absolute atomic E-state index is 13.3. The van der Waals surface area contributed by atoms with Crippen LogP contribution in [0.5, 0.6) is 5.75 Å². The quantitative estimate of drug-likeness (QED) is 0.715. The summed E-state index contributed by atoms with van der Waals surface area (Å²) in [5.41, 5.74) is 2.21. The van der Waals surface area contributed by atoms with Crippen molar-refractivity contribution in [2.45, 2.75) is 25.7 Å². The SMILES string of the molecule is COc1cc(F)cc(C2=CCCCC2)c1. The average Bonchev–Trinajstić information content (AvgIpc) is 2.29. The minimum atomic E-state index is -0.226. The maximum Gasteiger partial charge on any atom is 0.127 e. The van der Waals surface area contributed by atoms with E-state index in [-0.39, 0.29) is 5.82 Å². The molecule has 0 radical (unpaired) electrons. The van der Waals surface area contributed by atoms with E-state index in [2.05, 4.69) is 6.08 Å². The van der Waals surface area contributed by atoms with Gasteiger partial charge in [0.15, 0.2) is 0 Å². The van der Waals surface area contributed by atoms with Crippen LogP contribution in [0.3, 0.4) is 0 Å². The smallest absolute Gasteiger partial charge is 0.127 e. The predicted molar refractivity (Wildman–Crippen MR) is 59.4 cm³/mol. The summed E-state index contributed by atoms with van der Waals surface area (Å²) in [6.45, 7) is 0. The van der Waals surface area contributed by atoms with Crippen molar-refractivity contribution in [3.63, 3.8) is 0 Å². The van der Waals surface area contributed by atoms with Gasteiger partial charge in [-0.05, 0) is 49.0 Å². The second-order valence-electron chi connectivity index (χ2n) is 3.85. The first-order chi connectivity index (χ1) is 7.29. The third-order valence-corrected chi connectivity index (χ3v) is 2.77. The Morgan fingerprint density at radius 1 is 1.20 bits per heavy atom. The molecule has 0 aromatic heterocycles. The lowest BCUT2D eigenvalue weighted by molar-refractivity contribution is 0.411. The largest absolute Gasteiger partial charge is 0.497 e. The first-order valence-electron chi connectivity index (χ1n) is 5.33. The van der Waals surface area contributed by atoms with Crippen molar-refractivity contribution in [2.75, 3.05) is 7.11 Å². The van der Waals surface area contributed by atoms with Gasteiger partial charge in [-0.3, -0.25) is 0 Å². The van der Waals surface area contributed by atoms with Gasteiger partial charge < -0.3 is 4.74 Å². The van der Waals surface area contributed by atoms with Crippen molar-refractivity contribution in [1.29, 1.82) is 0 Å². The predicted octanol–water partition coefficient (Wildman–Crippen LogP) is 3.79. The number of methoxy groups -OCH3 is 1. The molecule has 0 N–H and O–H groups in total. The summed E-state index contributed by atoms with van der Waals surface area (Å²) in [6, 6.07) is 4.90. The van der Waals surface area contributed by atoms with Crippen LogP contribution in [0, 0.1) is 5.82 Å². The first kappa shape index (κ1) is 10.2. The number of halogens is 1. The number of rotatable bonds is 2. The van der Waals surface area contributed by atoms with E-state index in [1.165, 1.54) is 24.5 Å². The summed E-state index contributed by atoms with van der Waals surface area (Å²) in [5, 5.41) is 0. The molecule has 0 fully saturated rings. The van der Waals surface area contributed by atoms with Crippen LogP contribution in [0.4, 0.5) is 4.39 Å². The normalized spacial score (nSPS) is 16.0. The van der Waals surface area contributed by atoms with Gasteiger partial charge in [-0.1, -0.05) is 6.08 Å². The lowest BCUT2D eigenvalue weighted by Gasteiger charge is -2.13. The molecular formula is C13H15FO. The van der Waals surface area contributed by atoms with Gasteiger partial charge in [0.05, 0.1) is 7.11 Å². The maximum atomic E-state index is 13.3. The molecule has 0 atom stereocenters. The minimum Gasteiger partial charge on any atom is -0.497 e. The van der Waals surface area contributed by atoms with Crippen molar-refractivity contribution in [3.8, 4) is 5.75 Å². The number of hydrogen-bond acceptors (Lipinski definition) is 1. The molecule has 1 aromatic rings. The number of hydrogen-bond donors (Lipinski definition) is 0. The zero-order valence-corrected chi connectivity index (χ0v) is 8.92. The van der Waals surface area contributed by atoms with E-state index < -0.39 is 0 Å². The molecule has 80 valence electrons. The van der Waals surface area contributed by atoms with E-state index in [0.29, 0.717) is 5.75 Å². The Hall–Kier alpha value is -1.31. The molecule has 1 aromatic carbocycles. The highest BCUT2D eigenvalue weighted by atomic mass is 19.1. The van der Waals surface area contributed by atoms with Crippen molar-refractivity contribution in [3.05, 3.63) is 35.7 Å². The molecule has 0 aliphatic heterocycles. The van der Waals surface area contributed by atoms with Crippen LogP contribution in [0.1, 0.15) is 31.2 Å². The molecule has 0 saturated carbocycles. The second-order valence-corrected chi connectivity index (χ2v) is 3.85. The third-order valence-electron chi connectivity index (χ3n) is 2.77. The van der Waals surface area contributed by atoms with Crippen molar-refractivity contribution >= 4 is 5.57 Å². The molecule has 1 aliphatic carbocycles. The van der Waals surface area contributed by atoms with Crippen molar-refractivity contribution in [2.24, 2.45) is 0 Å². The topological polar surface area (TPSA) is 9.23 Å². The Morgan fingerprint density at radius 2 is 2.07 bits per heavy atom. The highest BCUT2D eigenvalue weighted by molar-refractivity contribution is 5.67. The fourth-order valence-electron chi connectivity index (χ4n) is 1.97. The van der Waals surface area contributed by atoms with Crippen LogP contribution >= 0.6 is 0 Å². The monoisotopic (exact) mass is 206 g/mol. The molecule has 1 nitrogen and oxygen atoms in total. The zero-order valence-electron chi connectivity index (χ0n) is 8.92. The van der Waals surface area contributed by atoms with Gasteiger partial charge in [0.25, 0.3) is 0 Å². The van der Waals surface area contributed by atoms with Gasteiger partial charge in [-0.15, -0.1) is 0 Å². The highest BCUT2D eigenvalue weighted by Crippen LogP contribution is 2.29.